The Kier molecular flexibility index (Phi) is 5.41. The van der Waals surface area contributed by atoms with Crippen molar-refractivity contribution in [2.45, 2.75) is 12.8 Å². The Morgan fingerprint density at radius 3 is 3.05 bits per heavy atom. The van der Waals surface area contributed by atoms with Crippen molar-refractivity contribution in [1.29, 1.82) is 0 Å². The lowest BCUT2D eigenvalue weighted by molar-refractivity contribution is -0.142. The number of hydrogen-bond donors (Lipinski definition) is 2. The topological polar surface area (TPSA) is 84.7 Å². The maximum Gasteiger partial charge on any atom is 0.248 e. The van der Waals surface area contributed by atoms with Gasteiger partial charge in [0, 0.05) is 24.5 Å². The lowest BCUT2D eigenvalue weighted by atomic mass is 10.2. The fourth-order valence-electron chi connectivity index (χ4n) is 2.07. The molecule has 2 amide bonds. The second-order valence-corrected chi connectivity index (χ2v) is 5.25. The van der Waals surface area contributed by atoms with Gasteiger partial charge < -0.3 is 20.7 Å². The summed E-state index contributed by atoms with van der Waals surface area (Å²) in [6.07, 6.45) is 0.911. The second kappa shape index (κ2) is 7.28. The lowest BCUT2D eigenvalue weighted by Gasteiger charge is -2.26. The average molecular weight is 312 g/mol. The summed E-state index contributed by atoms with van der Waals surface area (Å²) < 4.78 is 5.05. The van der Waals surface area contributed by atoms with Crippen LogP contribution in [0.5, 0.6) is 0 Å². The summed E-state index contributed by atoms with van der Waals surface area (Å²) in [5, 5.41) is 3.24. The molecule has 0 aromatic heterocycles. The number of hydrogen-bond acceptors (Lipinski definition) is 4. The highest BCUT2D eigenvalue weighted by molar-refractivity contribution is 6.31. The number of carbonyl (C=O) groups is 2. The van der Waals surface area contributed by atoms with Gasteiger partial charge in [-0.1, -0.05) is 11.6 Å². The van der Waals surface area contributed by atoms with Crippen molar-refractivity contribution in [3.8, 4) is 0 Å². The van der Waals surface area contributed by atoms with Gasteiger partial charge >= 0.3 is 0 Å². The fraction of sp³-hybridized carbons (Fsp3) is 0.429. The molecule has 0 saturated carbocycles. The zero-order chi connectivity index (χ0) is 15.2. The van der Waals surface area contributed by atoms with Crippen LogP contribution in [0.25, 0.3) is 0 Å². The molecule has 1 aromatic carbocycles. The minimum absolute atomic E-state index is 0.0271. The summed E-state index contributed by atoms with van der Waals surface area (Å²) in [6.45, 7) is 1.82. The van der Waals surface area contributed by atoms with Gasteiger partial charge in [-0.05, 0) is 24.6 Å². The van der Waals surface area contributed by atoms with Gasteiger partial charge in [0.05, 0.1) is 18.0 Å². The van der Waals surface area contributed by atoms with Crippen molar-refractivity contribution in [3.63, 3.8) is 0 Å². The smallest absolute Gasteiger partial charge is 0.248 e. The summed E-state index contributed by atoms with van der Waals surface area (Å²) in [6, 6.07) is 4.92. The summed E-state index contributed by atoms with van der Waals surface area (Å²) in [7, 11) is 0. The highest BCUT2D eigenvalue weighted by Gasteiger charge is 2.18. The second-order valence-electron chi connectivity index (χ2n) is 4.82. The quantitative estimate of drug-likeness (QED) is 0.807. The van der Waals surface area contributed by atoms with E-state index in [1.165, 1.54) is 0 Å². The first-order valence-electron chi connectivity index (χ1n) is 6.76. The minimum Gasteiger partial charge on any atom is -0.397 e. The monoisotopic (exact) mass is 311 g/mol. The van der Waals surface area contributed by atoms with E-state index in [0.717, 1.165) is 0 Å². The van der Waals surface area contributed by atoms with Gasteiger partial charge in [0.1, 0.15) is 6.61 Å². The van der Waals surface area contributed by atoms with Crippen molar-refractivity contribution in [2.75, 3.05) is 37.4 Å². The molecule has 3 N–H and O–H groups in total. The summed E-state index contributed by atoms with van der Waals surface area (Å²) in [4.78, 5) is 25.1. The predicted octanol–water partition coefficient (Wildman–Crippen LogP) is 1.50. The number of anilines is 2. The van der Waals surface area contributed by atoms with Gasteiger partial charge in [-0.2, -0.15) is 0 Å². The van der Waals surface area contributed by atoms with E-state index in [2.05, 4.69) is 5.32 Å². The predicted molar refractivity (Wildman–Crippen MR) is 81.1 cm³/mol. The van der Waals surface area contributed by atoms with Gasteiger partial charge in [0.2, 0.25) is 11.8 Å². The zero-order valence-corrected chi connectivity index (χ0v) is 12.4. The number of amides is 2. The number of morpholine rings is 1. The molecule has 114 valence electrons. The molecule has 0 atom stereocenters. The first-order valence-corrected chi connectivity index (χ1v) is 7.14. The lowest BCUT2D eigenvalue weighted by Crippen LogP contribution is -2.42. The third kappa shape index (κ3) is 4.61. The van der Waals surface area contributed by atoms with E-state index in [-0.39, 0.29) is 18.4 Å². The van der Waals surface area contributed by atoms with Crippen LogP contribution in [0, 0.1) is 0 Å². The van der Waals surface area contributed by atoms with Crippen LogP contribution in [0.2, 0.25) is 5.02 Å². The van der Waals surface area contributed by atoms with E-state index in [4.69, 9.17) is 22.1 Å². The Hall–Kier alpha value is -1.79. The molecule has 0 spiro atoms. The molecule has 1 aromatic rings. The van der Waals surface area contributed by atoms with Crippen molar-refractivity contribution in [2.24, 2.45) is 0 Å². The van der Waals surface area contributed by atoms with E-state index in [0.29, 0.717) is 48.9 Å². The Morgan fingerprint density at radius 1 is 1.48 bits per heavy atom. The largest absolute Gasteiger partial charge is 0.397 e. The van der Waals surface area contributed by atoms with E-state index in [1.54, 1.807) is 23.1 Å². The number of nitrogens with zero attached hydrogens (tertiary/aromatic N) is 1. The number of halogens is 1. The maximum atomic E-state index is 11.9. The number of carbonyl (C=O) groups excluding carboxylic acids is 2. The zero-order valence-electron chi connectivity index (χ0n) is 11.6. The van der Waals surface area contributed by atoms with Gasteiger partial charge in [-0.25, -0.2) is 0 Å². The number of nitrogens with two attached hydrogens (primary N) is 1. The molecule has 0 radical (unpaired) electrons. The molecule has 6 nitrogen and oxygen atoms in total. The van der Waals surface area contributed by atoms with Gasteiger partial charge in [0.25, 0.3) is 0 Å². The summed E-state index contributed by atoms with van der Waals surface area (Å²) in [5.41, 5.74) is 6.74. The van der Waals surface area contributed by atoms with E-state index in [1.807, 2.05) is 0 Å². The highest BCUT2D eigenvalue weighted by atomic mass is 35.5. The third-order valence-corrected chi connectivity index (χ3v) is 3.44. The van der Waals surface area contributed by atoms with E-state index >= 15 is 0 Å². The molecule has 0 bridgehead atoms. The van der Waals surface area contributed by atoms with E-state index in [9.17, 15) is 9.59 Å². The van der Waals surface area contributed by atoms with Crippen LogP contribution in [0.4, 0.5) is 11.4 Å². The molecule has 1 fully saturated rings. The SMILES string of the molecule is Nc1ccc(Cl)cc1NC(=O)CCCN1CCOCC1=O. The van der Waals surface area contributed by atoms with Crippen LogP contribution >= 0.6 is 11.6 Å². The van der Waals surface area contributed by atoms with Crippen LogP contribution in [0.3, 0.4) is 0 Å². The van der Waals surface area contributed by atoms with Crippen molar-refractivity contribution in [1.82, 2.24) is 4.90 Å². The molecule has 1 saturated heterocycles. The number of ether oxygens (including phenoxy) is 1. The first-order chi connectivity index (χ1) is 10.1. The number of rotatable bonds is 5. The van der Waals surface area contributed by atoms with Crippen LogP contribution < -0.4 is 11.1 Å². The van der Waals surface area contributed by atoms with Crippen molar-refractivity contribution < 1.29 is 14.3 Å². The standard InChI is InChI=1S/C14H18ClN3O3/c15-10-3-4-11(16)12(8-10)17-13(19)2-1-5-18-6-7-21-9-14(18)20/h3-4,8H,1-2,5-7,9,16H2,(H,17,19). The maximum absolute atomic E-state index is 11.9. The molecule has 0 unspecified atom stereocenters. The number of nitrogen functional groups attached to an aromatic ring is 1. The van der Waals surface area contributed by atoms with Gasteiger partial charge in [0.15, 0.2) is 0 Å². The Labute approximate surface area is 128 Å². The number of benzene rings is 1. The van der Waals surface area contributed by atoms with Gasteiger partial charge in [-0.3, -0.25) is 9.59 Å². The van der Waals surface area contributed by atoms with Crippen molar-refractivity contribution >= 4 is 34.8 Å². The molecular weight excluding hydrogens is 294 g/mol. The highest BCUT2D eigenvalue weighted by Crippen LogP contribution is 2.23. The molecule has 2 rings (SSSR count). The minimum atomic E-state index is -0.148. The van der Waals surface area contributed by atoms with Crippen LogP contribution in [-0.2, 0) is 14.3 Å². The molecule has 21 heavy (non-hydrogen) atoms. The third-order valence-electron chi connectivity index (χ3n) is 3.21. The molecule has 1 aliphatic rings. The molecule has 1 heterocycles. The van der Waals surface area contributed by atoms with Gasteiger partial charge in [-0.15, -0.1) is 0 Å². The van der Waals surface area contributed by atoms with E-state index < -0.39 is 0 Å². The molecular formula is C14H18ClN3O3. The van der Waals surface area contributed by atoms with Crippen LogP contribution in [0.15, 0.2) is 18.2 Å². The molecule has 1 aliphatic heterocycles. The fourth-order valence-corrected chi connectivity index (χ4v) is 2.24. The Morgan fingerprint density at radius 2 is 2.29 bits per heavy atom. The van der Waals surface area contributed by atoms with Crippen LogP contribution in [0.1, 0.15) is 12.8 Å². The Balaban J connectivity index is 1.77. The molecule has 7 heteroatoms. The van der Waals surface area contributed by atoms with Crippen molar-refractivity contribution in [3.05, 3.63) is 23.2 Å². The first kappa shape index (κ1) is 15.6. The summed E-state index contributed by atoms with van der Waals surface area (Å²) >= 11 is 5.86. The molecule has 0 aliphatic carbocycles. The van der Waals surface area contributed by atoms with Crippen LogP contribution in [-0.4, -0.2) is 43.0 Å². The number of nitrogens with one attached hydrogen (secondary N) is 1. The summed E-state index contributed by atoms with van der Waals surface area (Å²) in [5.74, 6) is -0.176. The average Bonchev–Trinajstić information content (AvgIpc) is 2.45. The normalized spacial score (nSPS) is 15.1. The Bertz CT molecular complexity index is 536.